The fraction of sp³-hybridized carbons (Fsp3) is 0.429. The monoisotopic (exact) mass is 275 g/mol. The molecule has 1 aromatic carbocycles. The Bertz CT molecular complexity index is 573. The molecule has 3 rings (SSSR count). The largest absolute Gasteiger partial charge is 0.491 e. The van der Waals surface area contributed by atoms with Gasteiger partial charge in [0.05, 0.1) is 18.7 Å². The van der Waals surface area contributed by atoms with Crippen molar-refractivity contribution in [2.45, 2.75) is 18.9 Å². The van der Waals surface area contributed by atoms with Crippen LogP contribution in [-0.2, 0) is 9.59 Å². The lowest BCUT2D eigenvalue weighted by atomic mass is 10.2. The maximum atomic E-state index is 11.9. The van der Waals surface area contributed by atoms with E-state index in [1.165, 1.54) is 0 Å². The van der Waals surface area contributed by atoms with Gasteiger partial charge in [0.25, 0.3) is 0 Å². The molecule has 20 heavy (non-hydrogen) atoms. The molecule has 2 aliphatic rings. The highest BCUT2D eigenvalue weighted by Crippen LogP contribution is 2.35. The zero-order valence-electron chi connectivity index (χ0n) is 11.3. The van der Waals surface area contributed by atoms with Gasteiger partial charge in [-0.3, -0.25) is 9.59 Å². The summed E-state index contributed by atoms with van der Waals surface area (Å²) < 4.78 is 5.56. The topological polar surface area (TPSA) is 75.9 Å². The van der Waals surface area contributed by atoms with Crippen LogP contribution in [0, 0.1) is 0 Å². The molecule has 1 atom stereocenters. The standard InChI is InChI=1S/C14H17N3O3/c1-16-11-7-10(17-8-9(15)6-14(17)19)2-3-12(11)20-5-4-13(16)18/h2-3,7,9H,4-6,8,15H2,1H3. The quantitative estimate of drug-likeness (QED) is 0.809. The predicted octanol–water partition coefficient (Wildman–Crippen LogP) is 0.496. The molecular weight excluding hydrogens is 258 g/mol. The van der Waals surface area contributed by atoms with Crippen molar-refractivity contribution < 1.29 is 14.3 Å². The van der Waals surface area contributed by atoms with Crippen LogP contribution < -0.4 is 20.3 Å². The highest BCUT2D eigenvalue weighted by molar-refractivity contribution is 5.99. The van der Waals surface area contributed by atoms with E-state index < -0.39 is 0 Å². The Labute approximate surface area is 117 Å². The number of anilines is 2. The number of amides is 2. The van der Waals surface area contributed by atoms with Crippen molar-refractivity contribution in [2.24, 2.45) is 5.73 Å². The number of rotatable bonds is 1. The Balaban J connectivity index is 1.98. The Morgan fingerprint density at radius 2 is 2.10 bits per heavy atom. The summed E-state index contributed by atoms with van der Waals surface area (Å²) in [6, 6.07) is 5.32. The predicted molar refractivity (Wildman–Crippen MR) is 74.9 cm³/mol. The van der Waals surface area contributed by atoms with Gasteiger partial charge in [0.15, 0.2) is 0 Å². The molecule has 0 radical (unpaired) electrons. The summed E-state index contributed by atoms with van der Waals surface area (Å²) in [5.41, 5.74) is 7.26. The van der Waals surface area contributed by atoms with Crippen LogP contribution in [0.5, 0.6) is 5.75 Å². The highest BCUT2D eigenvalue weighted by atomic mass is 16.5. The van der Waals surface area contributed by atoms with E-state index in [0.717, 1.165) is 5.69 Å². The minimum Gasteiger partial charge on any atom is -0.491 e. The molecule has 106 valence electrons. The first-order valence-electron chi connectivity index (χ1n) is 6.65. The minimum atomic E-state index is -0.128. The smallest absolute Gasteiger partial charge is 0.230 e. The van der Waals surface area contributed by atoms with Gasteiger partial charge in [0.1, 0.15) is 5.75 Å². The van der Waals surface area contributed by atoms with Crippen LogP contribution in [0.3, 0.4) is 0 Å². The number of nitrogens with zero attached hydrogens (tertiary/aromatic N) is 2. The number of hydrogen-bond donors (Lipinski definition) is 1. The van der Waals surface area contributed by atoms with Gasteiger partial charge in [-0.15, -0.1) is 0 Å². The van der Waals surface area contributed by atoms with Crippen LogP contribution in [0.2, 0.25) is 0 Å². The highest BCUT2D eigenvalue weighted by Gasteiger charge is 2.29. The van der Waals surface area contributed by atoms with E-state index in [1.807, 2.05) is 12.1 Å². The lowest BCUT2D eigenvalue weighted by molar-refractivity contribution is -0.118. The maximum Gasteiger partial charge on any atom is 0.230 e. The third kappa shape index (κ3) is 2.12. The molecular formula is C14H17N3O3. The number of carbonyl (C=O) groups is 2. The maximum absolute atomic E-state index is 11.9. The van der Waals surface area contributed by atoms with Crippen LogP contribution in [0.4, 0.5) is 11.4 Å². The second-order valence-electron chi connectivity index (χ2n) is 5.17. The summed E-state index contributed by atoms with van der Waals surface area (Å²) in [5, 5.41) is 0. The van der Waals surface area contributed by atoms with Crippen molar-refractivity contribution in [1.29, 1.82) is 0 Å². The van der Waals surface area contributed by atoms with E-state index in [1.54, 1.807) is 22.9 Å². The zero-order chi connectivity index (χ0) is 14.3. The van der Waals surface area contributed by atoms with Crippen molar-refractivity contribution in [1.82, 2.24) is 0 Å². The van der Waals surface area contributed by atoms with Crippen LogP contribution in [0.15, 0.2) is 18.2 Å². The van der Waals surface area contributed by atoms with E-state index >= 15 is 0 Å². The molecule has 1 aromatic rings. The number of fused-ring (bicyclic) bond motifs is 1. The lowest BCUT2D eigenvalue weighted by Crippen LogP contribution is -2.29. The second-order valence-corrected chi connectivity index (χ2v) is 5.17. The van der Waals surface area contributed by atoms with Gasteiger partial charge in [-0.25, -0.2) is 0 Å². The molecule has 6 heteroatoms. The van der Waals surface area contributed by atoms with Crippen LogP contribution in [0.1, 0.15) is 12.8 Å². The Morgan fingerprint density at radius 1 is 1.30 bits per heavy atom. The third-order valence-electron chi connectivity index (χ3n) is 3.72. The van der Waals surface area contributed by atoms with Gasteiger partial charge in [-0.1, -0.05) is 0 Å². The normalized spacial score (nSPS) is 22.6. The summed E-state index contributed by atoms with van der Waals surface area (Å²) in [5.74, 6) is 0.685. The molecule has 0 aromatic heterocycles. The molecule has 2 N–H and O–H groups in total. The number of benzene rings is 1. The van der Waals surface area contributed by atoms with Gasteiger partial charge >= 0.3 is 0 Å². The second kappa shape index (κ2) is 4.79. The number of hydrogen-bond acceptors (Lipinski definition) is 4. The van der Waals surface area contributed by atoms with E-state index in [4.69, 9.17) is 10.5 Å². The lowest BCUT2D eigenvalue weighted by Gasteiger charge is -2.21. The molecule has 0 bridgehead atoms. The SMILES string of the molecule is CN1C(=O)CCOc2ccc(N3CC(N)CC3=O)cc21. The summed E-state index contributed by atoms with van der Waals surface area (Å²) in [6.45, 7) is 0.888. The van der Waals surface area contributed by atoms with Crippen molar-refractivity contribution in [2.75, 3.05) is 30.0 Å². The summed E-state index contributed by atoms with van der Waals surface area (Å²) in [7, 11) is 1.72. The van der Waals surface area contributed by atoms with Gasteiger partial charge in [-0.05, 0) is 18.2 Å². The van der Waals surface area contributed by atoms with Crippen LogP contribution in [-0.4, -0.2) is 38.1 Å². The average molecular weight is 275 g/mol. The van der Waals surface area contributed by atoms with E-state index in [9.17, 15) is 9.59 Å². The Hall–Kier alpha value is -2.08. The Morgan fingerprint density at radius 3 is 2.80 bits per heavy atom. The zero-order valence-corrected chi connectivity index (χ0v) is 11.3. The molecule has 2 amide bonds. The number of ether oxygens (including phenoxy) is 1. The van der Waals surface area contributed by atoms with E-state index in [-0.39, 0.29) is 17.9 Å². The van der Waals surface area contributed by atoms with Gasteiger partial charge in [-0.2, -0.15) is 0 Å². The molecule has 2 heterocycles. The minimum absolute atomic E-state index is 0.00495. The summed E-state index contributed by atoms with van der Waals surface area (Å²) in [4.78, 5) is 27.0. The molecule has 6 nitrogen and oxygen atoms in total. The van der Waals surface area contributed by atoms with Crippen molar-refractivity contribution in [3.63, 3.8) is 0 Å². The average Bonchev–Trinajstić information content (AvgIpc) is 2.69. The fourth-order valence-corrected chi connectivity index (χ4v) is 2.59. The number of carbonyl (C=O) groups excluding carboxylic acids is 2. The molecule has 1 unspecified atom stereocenters. The van der Waals surface area contributed by atoms with Crippen LogP contribution >= 0.6 is 0 Å². The van der Waals surface area contributed by atoms with E-state index in [2.05, 4.69) is 0 Å². The van der Waals surface area contributed by atoms with Gasteiger partial charge < -0.3 is 20.3 Å². The molecule has 1 fully saturated rings. The van der Waals surface area contributed by atoms with Gasteiger partial charge in [0, 0.05) is 31.7 Å². The first-order valence-corrected chi connectivity index (χ1v) is 6.65. The van der Waals surface area contributed by atoms with Crippen LogP contribution in [0.25, 0.3) is 0 Å². The molecule has 0 spiro atoms. The Kier molecular flexibility index (Phi) is 3.10. The van der Waals surface area contributed by atoms with Crippen molar-refractivity contribution >= 4 is 23.2 Å². The molecule has 2 aliphatic heterocycles. The molecule has 1 saturated heterocycles. The van der Waals surface area contributed by atoms with Crippen molar-refractivity contribution in [3.8, 4) is 5.75 Å². The first-order chi connectivity index (χ1) is 9.56. The first kappa shape index (κ1) is 12.9. The molecule has 0 aliphatic carbocycles. The molecule has 0 saturated carbocycles. The van der Waals surface area contributed by atoms with Crippen molar-refractivity contribution in [3.05, 3.63) is 18.2 Å². The number of nitrogens with two attached hydrogens (primary N) is 1. The van der Waals surface area contributed by atoms with Gasteiger partial charge in [0.2, 0.25) is 11.8 Å². The summed E-state index contributed by atoms with van der Waals surface area (Å²) in [6.07, 6.45) is 0.719. The summed E-state index contributed by atoms with van der Waals surface area (Å²) >= 11 is 0. The third-order valence-corrected chi connectivity index (χ3v) is 3.72. The fourth-order valence-electron chi connectivity index (χ4n) is 2.59. The van der Waals surface area contributed by atoms with E-state index in [0.29, 0.717) is 37.4 Å².